The molecular formula is C18H23N3O. The predicted octanol–water partition coefficient (Wildman–Crippen LogP) is 3.19. The normalized spacial score (nSPS) is 31.5. The maximum atomic E-state index is 5.58. The molecule has 4 heteroatoms. The van der Waals surface area contributed by atoms with Crippen molar-refractivity contribution in [2.45, 2.75) is 50.6 Å². The Balaban J connectivity index is 1.65. The smallest absolute Gasteiger partial charge is 0.231 e. The van der Waals surface area contributed by atoms with Gasteiger partial charge in [0.15, 0.2) is 5.82 Å². The lowest BCUT2D eigenvalue weighted by atomic mass is 9.77. The minimum absolute atomic E-state index is 0.366. The molecule has 0 amide bonds. The van der Waals surface area contributed by atoms with E-state index in [-0.39, 0.29) is 0 Å². The highest BCUT2D eigenvalue weighted by molar-refractivity contribution is 5.19. The first kappa shape index (κ1) is 13.9. The number of aryl methyl sites for hydroxylation is 1. The Labute approximate surface area is 131 Å². The third-order valence-corrected chi connectivity index (χ3v) is 5.56. The predicted molar refractivity (Wildman–Crippen MR) is 84.6 cm³/mol. The van der Waals surface area contributed by atoms with E-state index in [9.17, 15) is 0 Å². The van der Waals surface area contributed by atoms with E-state index in [0.29, 0.717) is 17.9 Å². The molecule has 2 fully saturated rings. The topological polar surface area (TPSA) is 42.2 Å². The number of fused-ring (bicyclic) bond motifs is 2. The second-order valence-corrected chi connectivity index (χ2v) is 6.86. The molecule has 0 spiro atoms. The molecule has 1 aromatic heterocycles. The van der Waals surface area contributed by atoms with Gasteiger partial charge in [-0.3, -0.25) is 4.90 Å². The van der Waals surface area contributed by atoms with E-state index >= 15 is 0 Å². The Bertz CT molecular complexity index is 639. The van der Waals surface area contributed by atoms with Crippen molar-refractivity contribution in [3.63, 3.8) is 0 Å². The van der Waals surface area contributed by atoms with Crippen molar-refractivity contribution in [2.24, 2.45) is 5.92 Å². The van der Waals surface area contributed by atoms with E-state index in [1.807, 2.05) is 6.92 Å². The van der Waals surface area contributed by atoms with Gasteiger partial charge in [-0.15, -0.1) is 0 Å². The average Bonchev–Trinajstić information content (AvgIpc) is 3.03. The van der Waals surface area contributed by atoms with Crippen LogP contribution in [0.1, 0.15) is 42.5 Å². The van der Waals surface area contributed by atoms with Gasteiger partial charge in [0.1, 0.15) is 0 Å². The molecule has 4 nitrogen and oxygen atoms in total. The first-order valence-electron chi connectivity index (χ1n) is 8.28. The SMILES string of the molecule is Cc1noc([C@@H]2[C@@H](Cc3ccccc3)CC3CC[C@H]2N3C)n1. The Morgan fingerprint density at radius 3 is 2.77 bits per heavy atom. The summed E-state index contributed by atoms with van der Waals surface area (Å²) in [5, 5.41) is 4.04. The van der Waals surface area contributed by atoms with Crippen LogP contribution < -0.4 is 0 Å². The van der Waals surface area contributed by atoms with Crippen LogP contribution in [0.3, 0.4) is 0 Å². The molecule has 0 N–H and O–H groups in total. The van der Waals surface area contributed by atoms with E-state index in [1.165, 1.54) is 24.8 Å². The number of hydrogen-bond donors (Lipinski definition) is 0. The molecule has 2 aliphatic rings. The van der Waals surface area contributed by atoms with Crippen molar-refractivity contribution in [2.75, 3.05) is 7.05 Å². The van der Waals surface area contributed by atoms with Crippen molar-refractivity contribution >= 4 is 0 Å². The summed E-state index contributed by atoms with van der Waals surface area (Å²) in [6, 6.07) is 12.1. The highest BCUT2D eigenvalue weighted by atomic mass is 16.5. The first-order valence-corrected chi connectivity index (χ1v) is 8.28. The van der Waals surface area contributed by atoms with Crippen molar-refractivity contribution in [3.05, 3.63) is 47.6 Å². The van der Waals surface area contributed by atoms with Gasteiger partial charge in [0.25, 0.3) is 0 Å². The van der Waals surface area contributed by atoms with Crippen LogP contribution in [-0.2, 0) is 6.42 Å². The molecule has 0 radical (unpaired) electrons. The van der Waals surface area contributed by atoms with E-state index in [1.54, 1.807) is 0 Å². The summed E-state index contributed by atoms with van der Waals surface area (Å²) in [7, 11) is 2.26. The number of rotatable bonds is 3. The highest BCUT2D eigenvalue weighted by Crippen LogP contribution is 2.47. The Hall–Kier alpha value is -1.68. The van der Waals surface area contributed by atoms with Crippen molar-refractivity contribution < 1.29 is 4.52 Å². The number of benzene rings is 1. The van der Waals surface area contributed by atoms with Crippen molar-refractivity contribution in [3.8, 4) is 0 Å². The zero-order valence-corrected chi connectivity index (χ0v) is 13.3. The largest absolute Gasteiger partial charge is 0.339 e. The summed E-state index contributed by atoms with van der Waals surface area (Å²) in [5.74, 6) is 2.55. The Morgan fingerprint density at radius 2 is 2.05 bits per heavy atom. The number of nitrogens with zero attached hydrogens (tertiary/aromatic N) is 3. The van der Waals surface area contributed by atoms with Crippen LogP contribution in [0.15, 0.2) is 34.9 Å². The van der Waals surface area contributed by atoms with E-state index < -0.39 is 0 Å². The summed E-state index contributed by atoms with van der Waals surface area (Å²) in [5.41, 5.74) is 1.41. The maximum Gasteiger partial charge on any atom is 0.231 e. The molecule has 2 saturated heterocycles. The second kappa shape index (κ2) is 5.51. The van der Waals surface area contributed by atoms with Crippen LogP contribution in [0.5, 0.6) is 0 Å². The average molecular weight is 297 g/mol. The van der Waals surface area contributed by atoms with Crippen LogP contribution in [-0.4, -0.2) is 34.2 Å². The molecule has 1 aromatic carbocycles. The van der Waals surface area contributed by atoms with Gasteiger partial charge in [0, 0.05) is 12.1 Å². The lowest BCUT2D eigenvalue weighted by Gasteiger charge is -2.41. The minimum Gasteiger partial charge on any atom is -0.339 e. The van der Waals surface area contributed by atoms with Crippen LogP contribution in [0, 0.1) is 12.8 Å². The fourth-order valence-corrected chi connectivity index (χ4v) is 4.51. The number of hydrogen-bond acceptors (Lipinski definition) is 4. The van der Waals surface area contributed by atoms with Gasteiger partial charge >= 0.3 is 0 Å². The summed E-state index contributed by atoms with van der Waals surface area (Å²) in [6.45, 7) is 1.91. The van der Waals surface area contributed by atoms with E-state index in [2.05, 4.69) is 52.4 Å². The number of piperidine rings is 1. The van der Waals surface area contributed by atoms with Gasteiger partial charge in [-0.05, 0) is 51.1 Å². The van der Waals surface area contributed by atoms with Gasteiger partial charge in [-0.2, -0.15) is 4.98 Å². The van der Waals surface area contributed by atoms with E-state index in [0.717, 1.165) is 24.2 Å². The highest BCUT2D eigenvalue weighted by Gasteiger charge is 2.48. The Kier molecular flexibility index (Phi) is 3.49. The van der Waals surface area contributed by atoms with Crippen LogP contribution in [0.2, 0.25) is 0 Å². The standard InChI is InChI=1S/C18H23N3O/c1-12-19-18(22-20-12)17-14(10-13-6-4-3-5-7-13)11-15-8-9-16(17)21(15)2/h3-7,14-17H,8-11H2,1-2H3/t14-,15?,16+,17+/m0/s1. The lowest BCUT2D eigenvalue weighted by molar-refractivity contribution is 0.0904. The maximum absolute atomic E-state index is 5.58. The van der Waals surface area contributed by atoms with Gasteiger partial charge in [0.05, 0.1) is 5.92 Å². The minimum atomic E-state index is 0.366. The lowest BCUT2D eigenvalue weighted by Crippen LogP contribution is -2.46. The molecule has 116 valence electrons. The molecule has 0 aliphatic carbocycles. The summed E-state index contributed by atoms with van der Waals surface area (Å²) in [4.78, 5) is 7.12. The molecule has 4 rings (SSSR count). The number of likely N-dealkylation sites (N-methyl/N-ethyl adjacent to an activating group) is 1. The Morgan fingerprint density at radius 1 is 1.23 bits per heavy atom. The van der Waals surface area contributed by atoms with Crippen LogP contribution >= 0.6 is 0 Å². The molecule has 4 atom stereocenters. The van der Waals surface area contributed by atoms with Crippen molar-refractivity contribution in [1.82, 2.24) is 15.0 Å². The quantitative estimate of drug-likeness (QED) is 0.872. The number of aromatic nitrogens is 2. The fourth-order valence-electron chi connectivity index (χ4n) is 4.51. The van der Waals surface area contributed by atoms with Gasteiger partial charge < -0.3 is 4.52 Å². The molecule has 2 bridgehead atoms. The summed E-state index contributed by atoms with van der Waals surface area (Å²) < 4.78 is 5.58. The molecule has 3 heterocycles. The van der Waals surface area contributed by atoms with Gasteiger partial charge in [0.2, 0.25) is 5.89 Å². The van der Waals surface area contributed by atoms with Crippen LogP contribution in [0.4, 0.5) is 0 Å². The molecular weight excluding hydrogens is 274 g/mol. The molecule has 1 unspecified atom stereocenters. The summed E-state index contributed by atoms with van der Waals surface area (Å²) >= 11 is 0. The zero-order chi connectivity index (χ0) is 15.1. The van der Waals surface area contributed by atoms with Crippen molar-refractivity contribution in [1.29, 1.82) is 0 Å². The van der Waals surface area contributed by atoms with Gasteiger partial charge in [-0.1, -0.05) is 35.5 Å². The third kappa shape index (κ3) is 2.35. The van der Waals surface area contributed by atoms with Gasteiger partial charge in [-0.25, -0.2) is 0 Å². The zero-order valence-electron chi connectivity index (χ0n) is 13.3. The molecule has 2 aromatic rings. The molecule has 22 heavy (non-hydrogen) atoms. The second-order valence-electron chi connectivity index (χ2n) is 6.86. The van der Waals surface area contributed by atoms with E-state index in [4.69, 9.17) is 4.52 Å². The first-order chi connectivity index (χ1) is 10.7. The summed E-state index contributed by atoms with van der Waals surface area (Å²) in [6.07, 6.45) is 4.89. The molecule has 2 aliphatic heterocycles. The van der Waals surface area contributed by atoms with Crippen LogP contribution in [0.25, 0.3) is 0 Å². The fraction of sp³-hybridized carbons (Fsp3) is 0.556. The third-order valence-electron chi connectivity index (χ3n) is 5.56. The molecule has 0 saturated carbocycles. The monoisotopic (exact) mass is 297 g/mol.